The molecule has 0 aliphatic carbocycles. The number of nitrogens with zero attached hydrogens (tertiary/aromatic N) is 2. The van der Waals surface area contributed by atoms with E-state index in [1.54, 1.807) is 0 Å². The van der Waals surface area contributed by atoms with E-state index in [0.717, 1.165) is 7.11 Å². The predicted molar refractivity (Wildman–Crippen MR) is 58.3 cm³/mol. The molecule has 1 aromatic heterocycles. The van der Waals surface area contributed by atoms with E-state index in [4.69, 9.17) is 0 Å². The Kier molecular flexibility index (Phi) is 5.17. The molecule has 1 rings (SSSR count). The first-order valence-electron chi connectivity index (χ1n) is 5.33. The molecule has 7 nitrogen and oxygen atoms in total. The molecule has 0 saturated heterocycles. The topological polar surface area (TPSA) is 91.6 Å². The zero-order valence-electron chi connectivity index (χ0n) is 10.7. The Morgan fingerprint density at radius 1 is 1.45 bits per heavy atom. The molecular formula is C10H7F5N2O5. The molecular weight excluding hydrogens is 323 g/mol. The van der Waals surface area contributed by atoms with Gasteiger partial charge in [-0.15, -0.1) is 13.2 Å². The standard InChI is InChI=1S/C10H7F5N2O5/c1-21-5(18)2-4-3-16-9(22-10(13,14)15)6(8(11)12)7(4)17(19)20/h3,8H,2H2,1H3. The number of hydrogen-bond acceptors (Lipinski definition) is 6. The predicted octanol–water partition coefficient (Wildman–Crippen LogP) is 2.54. The van der Waals surface area contributed by atoms with Crippen LogP contribution >= 0.6 is 0 Å². The summed E-state index contributed by atoms with van der Waals surface area (Å²) in [5.41, 5.74) is -3.67. The van der Waals surface area contributed by atoms with Gasteiger partial charge in [-0.25, -0.2) is 13.8 Å². The molecule has 122 valence electrons. The van der Waals surface area contributed by atoms with Crippen molar-refractivity contribution in [2.45, 2.75) is 19.2 Å². The highest BCUT2D eigenvalue weighted by atomic mass is 19.4. The van der Waals surface area contributed by atoms with Crippen molar-refractivity contribution in [3.05, 3.63) is 27.4 Å². The van der Waals surface area contributed by atoms with Gasteiger partial charge in [0.25, 0.3) is 12.1 Å². The number of methoxy groups -OCH3 is 1. The number of aromatic nitrogens is 1. The van der Waals surface area contributed by atoms with Crippen LogP contribution in [0.1, 0.15) is 17.6 Å². The first-order valence-corrected chi connectivity index (χ1v) is 5.33. The second kappa shape index (κ2) is 6.49. The lowest BCUT2D eigenvalue weighted by Gasteiger charge is -2.13. The molecule has 0 aliphatic rings. The van der Waals surface area contributed by atoms with Crippen LogP contribution in [-0.2, 0) is 16.0 Å². The van der Waals surface area contributed by atoms with E-state index in [9.17, 15) is 36.9 Å². The summed E-state index contributed by atoms with van der Waals surface area (Å²) in [7, 11) is 0.941. The number of esters is 1. The Balaban J connectivity index is 3.49. The van der Waals surface area contributed by atoms with Crippen LogP contribution < -0.4 is 4.74 Å². The van der Waals surface area contributed by atoms with Crippen LogP contribution in [0.25, 0.3) is 0 Å². The van der Waals surface area contributed by atoms with E-state index >= 15 is 0 Å². The van der Waals surface area contributed by atoms with Gasteiger partial charge in [0.1, 0.15) is 0 Å². The molecule has 0 aromatic carbocycles. The first-order chi connectivity index (χ1) is 10.1. The Bertz CT molecular complexity index is 590. The summed E-state index contributed by atoms with van der Waals surface area (Å²) >= 11 is 0. The summed E-state index contributed by atoms with van der Waals surface area (Å²) in [4.78, 5) is 23.6. The minimum atomic E-state index is -5.37. The van der Waals surface area contributed by atoms with E-state index < -0.39 is 52.8 Å². The van der Waals surface area contributed by atoms with Gasteiger partial charge in [0.15, 0.2) is 5.56 Å². The van der Waals surface area contributed by atoms with Gasteiger partial charge in [0.2, 0.25) is 5.88 Å². The summed E-state index contributed by atoms with van der Waals surface area (Å²) in [6.07, 6.45) is -9.38. The summed E-state index contributed by atoms with van der Waals surface area (Å²) in [5, 5.41) is 10.9. The molecule has 0 saturated carbocycles. The van der Waals surface area contributed by atoms with Gasteiger partial charge >= 0.3 is 12.3 Å². The third-order valence-electron chi connectivity index (χ3n) is 2.30. The van der Waals surface area contributed by atoms with Crippen LogP contribution in [-0.4, -0.2) is 29.3 Å². The number of alkyl halides is 5. The number of pyridine rings is 1. The number of carbonyl (C=O) groups is 1. The van der Waals surface area contributed by atoms with Crippen LogP contribution in [0.3, 0.4) is 0 Å². The molecule has 0 amide bonds. The van der Waals surface area contributed by atoms with Gasteiger partial charge < -0.3 is 9.47 Å². The van der Waals surface area contributed by atoms with Crippen molar-refractivity contribution in [3.8, 4) is 5.88 Å². The molecule has 0 unspecified atom stereocenters. The number of hydrogen-bond donors (Lipinski definition) is 0. The van der Waals surface area contributed by atoms with Crippen molar-refractivity contribution in [2.24, 2.45) is 0 Å². The summed E-state index contributed by atoms with van der Waals surface area (Å²) in [6.45, 7) is 0. The van der Waals surface area contributed by atoms with Gasteiger partial charge in [-0.2, -0.15) is 0 Å². The lowest BCUT2D eigenvalue weighted by atomic mass is 10.1. The second-order valence-corrected chi connectivity index (χ2v) is 3.71. The Morgan fingerprint density at radius 3 is 2.45 bits per heavy atom. The molecule has 1 aromatic rings. The number of ether oxygens (including phenoxy) is 2. The monoisotopic (exact) mass is 330 g/mol. The summed E-state index contributed by atoms with van der Waals surface area (Å²) in [5.74, 6) is -2.67. The van der Waals surface area contributed by atoms with E-state index in [2.05, 4.69) is 14.5 Å². The van der Waals surface area contributed by atoms with E-state index in [-0.39, 0.29) is 0 Å². The fraction of sp³-hybridized carbons (Fsp3) is 0.400. The maximum absolute atomic E-state index is 12.9. The normalized spacial score (nSPS) is 11.4. The molecule has 12 heteroatoms. The molecule has 0 N–H and O–H groups in total. The maximum atomic E-state index is 12.9. The third kappa shape index (κ3) is 4.23. The lowest BCUT2D eigenvalue weighted by molar-refractivity contribution is -0.387. The van der Waals surface area contributed by atoms with Crippen molar-refractivity contribution in [3.63, 3.8) is 0 Å². The van der Waals surface area contributed by atoms with Crippen molar-refractivity contribution >= 4 is 11.7 Å². The molecule has 1 heterocycles. The zero-order valence-corrected chi connectivity index (χ0v) is 10.7. The van der Waals surface area contributed by atoms with Crippen LogP contribution in [0.2, 0.25) is 0 Å². The minimum absolute atomic E-state index is 0.474. The molecule has 0 spiro atoms. The van der Waals surface area contributed by atoms with E-state index in [0.29, 0.717) is 6.20 Å². The smallest absolute Gasteiger partial charge is 0.469 e. The largest absolute Gasteiger partial charge is 0.574 e. The molecule has 22 heavy (non-hydrogen) atoms. The SMILES string of the molecule is COC(=O)Cc1cnc(OC(F)(F)F)c(C(F)F)c1[N+](=O)[O-]. The molecule has 0 fully saturated rings. The van der Waals surface area contributed by atoms with Crippen molar-refractivity contribution in [1.29, 1.82) is 0 Å². The van der Waals surface area contributed by atoms with Crippen LogP contribution in [0.15, 0.2) is 6.20 Å². The molecule has 0 aliphatic heterocycles. The highest BCUT2D eigenvalue weighted by molar-refractivity contribution is 5.74. The Hall–Kier alpha value is -2.53. The van der Waals surface area contributed by atoms with Gasteiger partial charge in [-0.3, -0.25) is 14.9 Å². The molecule has 0 atom stereocenters. The number of nitro groups is 1. The highest BCUT2D eigenvalue weighted by Crippen LogP contribution is 2.39. The van der Waals surface area contributed by atoms with Crippen LogP contribution in [0.5, 0.6) is 5.88 Å². The Labute approximate surface area is 118 Å². The highest BCUT2D eigenvalue weighted by Gasteiger charge is 2.39. The fourth-order valence-corrected chi connectivity index (χ4v) is 1.50. The quantitative estimate of drug-likeness (QED) is 0.357. The van der Waals surface area contributed by atoms with Crippen LogP contribution in [0, 0.1) is 10.1 Å². The average molecular weight is 330 g/mol. The molecule has 0 bridgehead atoms. The number of rotatable bonds is 5. The zero-order chi connectivity index (χ0) is 17.1. The summed E-state index contributed by atoms with van der Waals surface area (Å²) in [6, 6.07) is 0. The second-order valence-electron chi connectivity index (χ2n) is 3.71. The van der Waals surface area contributed by atoms with Crippen molar-refractivity contribution < 1.29 is 41.1 Å². The average Bonchev–Trinajstić information content (AvgIpc) is 2.37. The van der Waals surface area contributed by atoms with Gasteiger partial charge in [0.05, 0.1) is 24.0 Å². The Morgan fingerprint density at radius 2 is 2.05 bits per heavy atom. The summed E-state index contributed by atoms with van der Waals surface area (Å²) < 4.78 is 69.7. The molecule has 0 radical (unpaired) electrons. The first kappa shape index (κ1) is 17.5. The lowest BCUT2D eigenvalue weighted by Crippen LogP contribution is -2.20. The fourth-order valence-electron chi connectivity index (χ4n) is 1.50. The van der Waals surface area contributed by atoms with Crippen molar-refractivity contribution in [2.75, 3.05) is 7.11 Å². The maximum Gasteiger partial charge on any atom is 0.574 e. The van der Waals surface area contributed by atoms with Gasteiger partial charge in [-0.05, 0) is 0 Å². The third-order valence-corrected chi connectivity index (χ3v) is 2.30. The van der Waals surface area contributed by atoms with E-state index in [1.807, 2.05) is 0 Å². The number of carbonyl (C=O) groups excluding carboxylic acids is 1. The van der Waals surface area contributed by atoms with Crippen LogP contribution in [0.4, 0.5) is 27.6 Å². The minimum Gasteiger partial charge on any atom is -0.469 e. The van der Waals surface area contributed by atoms with Gasteiger partial charge in [-0.1, -0.05) is 0 Å². The van der Waals surface area contributed by atoms with Crippen molar-refractivity contribution in [1.82, 2.24) is 4.98 Å². The van der Waals surface area contributed by atoms with E-state index in [1.165, 1.54) is 0 Å². The van der Waals surface area contributed by atoms with Gasteiger partial charge in [0, 0.05) is 6.20 Å². The number of halogens is 5.